The highest BCUT2D eigenvalue weighted by atomic mass is 32.2. The van der Waals surface area contributed by atoms with Crippen LogP contribution in [-0.4, -0.2) is 38.3 Å². The first-order valence-electron chi connectivity index (χ1n) is 7.18. The van der Waals surface area contributed by atoms with Crippen molar-refractivity contribution in [3.63, 3.8) is 0 Å². The van der Waals surface area contributed by atoms with Gasteiger partial charge in [0.2, 0.25) is 10.0 Å². The number of aromatic nitrogens is 2. The molecule has 1 fully saturated rings. The highest BCUT2D eigenvalue weighted by Crippen LogP contribution is 2.29. The molecule has 2 unspecified atom stereocenters. The van der Waals surface area contributed by atoms with Crippen molar-refractivity contribution in [3.8, 4) is 0 Å². The zero-order chi connectivity index (χ0) is 14.6. The highest BCUT2D eigenvalue weighted by Gasteiger charge is 2.24. The molecule has 6 nitrogen and oxygen atoms in total. The summed E-state index contributed by atoms with van der Waals surface area (Å²) in [6.45, 7) is 4.18. The molecule has 20 heavy (non-hydrogen) atoms. The van der Waals surface area contributed by atoms with Gasteiger partial charge < -0.3 is 5.32 Å². The molecule has 0 aliphatic heterocycles. The molecule has 7 heteroatoms. The Hall–Kier alpha value is -0.920. The van der Waals surface area contributed by atoms with Crippen LogP contribution < -0.4 is 10.0 Å². The van der Waals surface area contributed by atoms with Crippen molar-refractivity contribution >= 4 is 10.0 Å². The summed E-state index contributed by atoms with van der Waals surface area (Å²) in [5.41, 5.74) is 0. The Balaban J connectivity index is 1.90. The van der Waals surface area contributed by atoms with E-state index in [1.165, 1.54) is 12.6 Å². The molecule has 114 valence electrons. The first kappa shape index (κ1) is 15.5. The molecular formula is C13H24N4O2S. The molecule has 1 aliphatic carbocycles. The number of hydrogen-bond acceptors (Lipinski definition) is 4. The molecule has 1 saturated carbocycles. The van der Waals surface area contributed by atoms with Gasteiger partial charge in [0.15, 0.2) is 0 Å². The van der Waals surface area contributed by atoms with Gasteiger partial charge in [-0.2, -0.15) is 5.10 Å². The van der Waals surface area contributed by atoms with E-state index in [9.17, 15) is 8.42 Å². The SMILES string of the molecule is CNCCn1cc(S(=O)(=O)NCC2CCC(C)C2)cn1. The second-order valence-corrected chi connectivity index (χ2v) is 7.45. The Morgan fingerprint density at radius 2 is 2.25 bits per heavy atom. The van der Waals surface area contributed by atoms with Gasteiger partial charge in [0.1, 0.15) is 4.90 Å². The number of nitrogens with one attached hydrogen (secondary N) is 2. The van der Waals surface area contributed by atoms with Crippen molar-refractivity contribution in [1.82, 2.24) is 19.8 Å². The molecule has 1 aromatic heterocycles. The van der Waals surface area contributed by atoms with Crippen LogP contribution in [0.2, 0.25) is 0 Å². The van der Waals surface area contributed by atoms with Crippen molar-refractivity contribution in [2.75, 3.05) is 20.1 Å². The maximum Gasteiger partial charge on any atom is 0.243 e. The molecule has 1 aliphatic rings. The highest BCUT2D eigenvalue weighted by molar-refractivity contribution is 7.89. The van der Waals surface area contributed by atoms with Gasteiger partial charge in [-0.05, 0) is 31.7 Å². The van der Waals surface area contributed by atoms with Gasteiger partial charge in [0, 0.05) is 19.3 Å². The molecule has 0 saturated heterocycles. The minimum Gasteiger partial charge on any atom is -0.318 e. The standard InChI is InChI=1S/C13H24N4O2S/c1-11-3-4-12(7-11)8-16-20(18,19)13-9-15-17(10-13)6-5-14-2/h9-12,14,16H,3-8H2,1-2H3. The van der Waals surface area contributed by atoms with Gasteiger partial charge >= 0.3 is 0 Å². The third-order valence-electron chi connectivity index (χ3n) is 3.88. The van der Waals surface area contributed by atoms with Gasteiger partial charge in [-0.3, -0.25) is 4.68 Å². The lowest BCUT2D eigenvalue weighted by Gasteiger charge is -2.10. The van der Waals surface area contributed by atoms with Crippen LogP contribution in [0.3, 0.4) is 0 Å². The Bertz CT molecular complexity index is 526. The van der Waals surface area contributed by atoms with Crippen LogP contribution in [0.5, 0.6) is 0 Å². The molecule has 0 amide bonds. The first-order valence-corrected chi connectivity index (χ1v) is 8.66. The molecule has 1 heterocycles. The summed E-state index contributed by atoms with van der Waals surface area (Å²) in [6.07, 6.45) is 6.43. The molecular weight excluding hydrogens is 276 g/mol. The third kappa shape index (κ3) is 4.04. The average Bonchev–Trinajstić information content (AvgIpc) is 3.03. The van der Waals surface area contributed by atoms with E-state index in [1.54, 1.807) is 10.9 Å². The van der Waals surface area contributed by atoms with Crippen LogP contribution in [0, 0.1) is 11.8 Å². The molecule has 2 rings (SSSR count). The van der Waals surface area contributed by atoms with Crippen LogP contribution in [0.4, 0.5) is 0 Å². The lowest BCUT2D eigenvalue weighted by atomic mass is 10.1. The number of rotatable bonds is 7. The Morgan fingerprint density at radius 1 is 1.45 bits per heavy atom. The van der Waals surface area contributed by atoms with Crippen molar-refractivity contribution in [3.05, 3.63) is 12.4 Å². The zero-order valence-electron chi connectivity index (χ0n) is 12.2. The quantitative estimate of drug-likeness (QED) is 0.781. The minimum atomic E-state index is -3.42. The van der Waals surface area contributed by atoms with E-state index in [0.29, 0.717) is 24.9 Å². The van der Waals surface area contributed by atoms with E-state index >= 15 is 0 Å². The second kappa shape index (κ2) is 6.69. The van der Waals surface area contributed by atoms with Crippen molar-refractivity contribution < 1.29 is 8.42 Å². The topological polar surface area (TPSA) is 76.0 Å². The lowest BCUT2D eigenvalue weighted by molar-refractivity contribution is 0.498. The third-order valence-corrected chi connectivity index (χ3v) is 5.25. The van der Waals surface area contributed by atoms with Gasteiger partial charge in [-0.1, -0.05) is 13.3 Å². The van der Waals surface area contributed by atoms with E-state index in [2.05, 4.69) is 22.1 Å². The fourth-order valence-electron chi connectivity index (χ4n) is 2.65. The second-order valence-electron chi connectivity index (χ2n) is 5.68. The summed E-state index contributed by atoms with van der Waals surface area (Å²) in [7, 11) is -1.57. The van der Waals surface area contributed by atoms with Gasteiger partial charge in [-0.25, -0.2) is 13.1 Å². The van der Waals surface area contributed by atoms with Gasteiger partial charge in [0.25, 0.3) is 0 Å². The summed E-state index contributed by atoms with van der Waals surface area (Å²) in [5.74, 6) is 1.19. The summed E-state index contributed by atoms with van der Waals surface area (Å²) in [4.78, 5) is 0.250. The van der Waals surface area contributed by atoms with Crippen molar-refractivity contribution in [2.24, 2.45) is 11.8 Å². The van der Waals surface area contributed by atoms with Crippen LogP contribution in [0.1, 0.15) is 26.2 Å². The van der Waals surface area contributed by atoms with Crippen LogP contribution in [-0.2, 0) is 16.6 Å². The largest absolute Gasteiger partial charge is 0.318 e. The van der Waals surface area contributed by atoms with E-state index in [0.717, 1.165) is 19.4 Å². The minimum absolute atomic E-state index is 0.250. The molecule has 2 N–H and O–H groups in total. The molecule has 0 radical (unpaired) electrons. The zero-order valence-corrected chi connectivity index (χ0v) is 13.0. The molecule has 2 atom stereocenters. The molecule has 0 aromatic carbocycles. The number of likely N-dealkylation sites (N-methyl/N-ethyl adjacent to an activating group) is 1. The van der Waals surface area contributed by atoms with E-state index in [-0.39, 0.29) is 4.90 Å². The van der Waals surface area contributed by atoms with Crippen molar-refractivity contribution in [2.45, 2.75) is 37.6 Å². The number of sulfonamides is 1. The Kier molecular flexibility index (Phi) is 5.17. The fraction of sp³-hybridized carbons (Fsp3) is 0.769. The van der Waals surface area contributed by atoms with E-state index < -0.39 is 10.0 Å². The summed E-state index contributed by atoms with van der Waals surface area (Å²) >= 11 is 0. The summed E-state index contributed by atoms with van der Waals surface area (Å²) in [6, 6.07) is 0. The maximum atomic E-state index is 12.2. The first-order chi connectivity index (χ1) is 9.51. The number of hydrogen-bond donors (Lipinski definition) is 2. The predicted molar refractivity (Wildman–Crippen MR) is 77.8 cm³/mol. The fourth-order valence-corrected chi connectivity index (χ4v) is 3.72. The normalized spacial score (nSPS) is 23.3. The summed E-state index contributed by atoms with van der Waals surface area (Å²) in [5, 5.41) is 7.07. The number of nitrogens with zero attached hydrogens (tertiary/aromatic N) is 2. The summed E-state index contributed by atoms with van der Waals surface area (Å²) < 4.78 is 28.7. The Labute approximate surface area is 121 Å². The van der Waals surface area contributed by atoms with Gasteiger partial charge in [0.05, 0.1) is 12.7 Å². The molecule has 0 bridgehead atoms. The van der Waals surface area contributed by atoms with E-state index in [1.807, 2.05) is 7.05 Å². The van der Waals surface area contributed by atoms with Crippen LogP contribution in [0.25, 0.3) is 0 Å². The van der Waals surface area contributed by atoms with E-state index in [4.69, 9.17) is 0 Å². The smallest absolute Gasteiger partial charge is 0.243 e. The molecule has 1 aromatic rings. The van der Waals surface area contributed by atoms with Crippen molar-refractivity contribution in [1.29, 1.82) is 0 Å². The predicted octanol–water partition coefficient (Wildman–Crippen LogP) is 0.817. The van der Waals surface area contributed by atoms with Crippen LogP contribution >= 0.6 is 0 Å². The average molecular weight is 300 g/mol. The van der Waals surface area contributed by atoms with Gasteiger partial charge in [-0.15, -0.1) is 0 Å². The Morgan fingerprint density at radius 3 is 2.90 bits per heavy atom. The monoisotopic (exact) mass is 300 g/mol. The lowest BCUT2D eigenvalue weighted by Crippen LogP contribution is -2.28. The van der Waals surface area contributed by atoms with Crippen LogP contribution in [0.15, 0.2) is 17.3 Å². The molecule has 0 spiro atoms. The maximum absolute atomic E-state index is 12.2.